The Morgan fingerprint density at radius 3 is 2.77 bits per heavy atom. The average molecular weight is 292 g/mol. The van der Waals surface area contributed by atoms with Crippen LogP contribution in [0.5, 0.6) is 5.75 Å². The van der Waals surface area contributed by atoms with Gasteiger partial charge in [-0.1, -0.05) is 19.1 Å². The molecular weight excluding hydrogens is 276 g/mol. The predicted molar refractivity (Wildman–Crippen MR) is 83.0 cm³/mol. The van der Waals surface area contributed by atoms with Crippen LogP contribution in [0.25, 0.3) is 0 Å². The Labute approximate surface area is 129 Å². The topological polar surface area (TPSA) is 81.7 Å². The van der Waals surface area contributed by atoms with Gasteiger partial charge in [-0.3, -0.25) is 0 Å². The predicted octanol–water partition coefficient (Wildman–Crippen LogP) is 3.25. The quantitative estimate of drug-likeness (QED) is 0.883. The Morgan fingerprint density at radius 1 is 1.27 bits per heavy atom. The first-order valence-corrected chi connectivity index (χ1v) is 7.00. The summed E-state index contributed by atoms with van der Waals surface area (Å²) in [6, 6.07) is 15.2. The first kappa shape index (κ1) is 15.3. The average Bonchev–Trinajstić information content (AvgIpc) is 2.58. The third-order valence-electron chi connectivity index (χ3n) is 3.06. The first-order chi connectivity index (χ1) is 10.7. The molecule has 1 N–H and O–H groups in total. The Hall–Kier alpha value is -3.05. The monoisotopic (exact) mass is 292 g/mol. The van der Waals surface area contributed by atoms with Crippen LogP contribution in [0.4, 0.5) is 5.82 Å². The van der Waals surface area contributed by atoms with E-state index in [1.165, 1.54) is 6.20 Å². The van der Waals surface area contributed by atoms with Crippen LogP contribution < -0.4 is 10.1 Å². The van der Waals surface area contributed by atoms with E-state index in [4.69, 9.17) is 15.3 Å². The fourth-order valence-electron chi connectivity index (χ4n) is 1.85. The fraction of sp³-hybridized carbons (Fsp3) is 0.235. The maximum absolute atomic E-state index is 8.93. The molecule has 5 heteroatoms. The van der Waals surface area contributed by atoms with Crippen molar-refractivity contribution >= 4 is 5.82 Å². The summed E-state index contributed by atoms with van der Waals surface area (Å²) in [6.45, 7) is 2.50. The second-order valence-electron chi connectivity index (χ2n) is 4.69. The smallest absolute Gasteiger partial charge is 0.184 e. The lowest BCUT2D eigenvalue weighted by molar-refractivity contribution is 0.251. The van der Waals surface area contributed by atoms with Crippen LogP contribution in [0, 0.1) is 22.7 Å². The SMILES string of the molecule is CCC(C#N)Oc1cccc(CNc2ccc(C#N)cn2)c1. The maximum Gasteiger partial charge on any atom is 0.184 e. The van der Waals surface area contributed by atoms with Crippen molar-refractivity contribution in [2.75, 3.05) is 5.32 Å². The third kappa shape index (κ3) is 4.22. The molecule has 2 aromatic rings. The van der Waals surface area contributed by atoms with Crippen molar-refractivity contribution in [3.8, 4) is 17.9 Å². The zero-order chi connectivity index (χ0) is 15.8. The third-order valence-corrected chi connectivity index (χ3v) is 3.06. The van der Waals surface area contributed by atoms with E-state index < -0.39 is 6.10 Å². The number of pyridine rings is 1. The van der Waals surface area contributed by atoms with E-state index in [2.05, 4.69) is 16.4 Å². The summed E-state index contributed by atoms with van der Waals surface area (Å²) in [7, 11) is 0. The van der Waals surface area contributed by atoms with Gasteiger partial charge in [0.1, 0.15) is 23.7 Å². The van der Waals surface area contributed by atoms with Crippen molar-refractivity contribution < 1.29 is 4.74 Å². The minimum atomic E-state index is -0.427. The lowest BCUT2D eigenvalue weighted by Crippen LogP contribution is -2.12. The number of benzene rings is 1. The lowest BCUT2D eigenvalue weighted by atomic mass is 10.2. The molecule has 22 heavy (non-hydrogen) atoms. The van der Waals surface area contributed by atoms with Crippen LogP contribution in [-0.4, -0.2) is 11.1 Å². The zero-order valence-electron chi connectivity index (χ0n) is 12.3. The molecule has 0 aliphatic heterocycles. The number of hydrogen-bond donors (Lipinski definition) is 1. The maximum atomic E-state index is 8.93. The molecule has 1 aromatic heterocycles. The number of hydrogen-bond acceptors (Lipinski definition) is 5. The fourth-order valence-corrected chi connectivity index (χ4v) is 1.85. The minimum Gasteiger partial charge on any atom is -0.476 e. The largest absolute Gasteiger partial charge is 0.476 e. The molecular formula is C17H16N4O. The molecule has 1 unspecified atom stereocenters. The number of anilines is 1. The van der Waals surface area contributed by atoms with Crippen LogP contribution in [0.15, 0.2) is 42.6 Å². The Kier molecular flexibility index (Phi) is 5.34. The Balaban J connectivity index is 1.98. The van der Waals surface area contributed by atoms with Gasteiger partial charge in [0.05, 0.1) is 5.56 Å². The highest BCUT2D eigenvalue weighted by Crippen LogP contribution is 2.17. The molecule has 0 fully saturated rings. The second-order valence-corrected chi connectivity index (χ2v) is 4.69. The van der Waals surface area contributed by atoms with Gasteiger partial charge in [-0.2, -0.15) is 10.5 Å². The van der Waals surface area contributed by atoms with E-state index in [9.17, 15) is 0 Å². The van der Waals surface area contributed by atoms with Crippen molar-refractivity contribution in [1.29, 1.82) is 10.5 Å². The molecule has 0 saturated carbocycles. The second kappa shape index (κ2) is 7.66. The molecule has 0 aliphatic carbocycles. The molecule has 0 amide bonds. The Morgan fingerprint density at radius 2 is 2.14 bits per heavy atom. The summed E-state index contributed by atoms with van der Waals surface area (Å²) in [5.74, 6) is 1.38. The number of nitriles is 2. The molecule has 1 aromatic carbocycles. The van der Waals surface area contributed by atoms with Gasteiger partial charge in [0.2, 0.25) is 0 Å². The summed E-state index contributed by atoms with van der Waals surface area (Å²) < 4.78 is 5.60. The van der Waals surface area contributed by atoms with Crippen molar-refractivity contribution in [3.05, 3.63) is 53.7 Å². The number of aromatic nitrogens is 1. The summed E-state index contributed by atoms with van der Waals surface area (Å²) in [5.41, 5.74) is 1.56. The van der Waals surface area contributed by atoms with Crippen molar-refractivity contribution in [2.45, 2.75) is 26.0 Å². The molecule has 1 atom stereocenters. The van der Waals surface area contributed by atoms with Gasteiger partial charge >= 0.3 is 0 Å². The van der Waals surface area contributed by atoms with Crippen LogP contribution in [0.1, 0.15) is 24.5 Å². The minimum absolute atomic E-state index is 0.427. The van der Waals surface area contributed by atoms with Gasteiger partial charge in [0, 0.05) is 12.7 Å². The normalized spacial score (nSPS) is 11.0. The van der Waals surface area contributed by atoms with E-state index in [-0.39, 0.29) is 0 Å². The summed E-state index contributed by atoms with van der Waals surface area (Å²) in [5, 5.41) is 20.8. The molecule has 0 spiro atoms. The summed E-state index contributed by atoms with van der Waals surface area (Å²) >= 11 is 0. The number of ether oxygens (including phenoxy) is 1. The molecule has 0 saturated heterocycles. The van der Waals surface area contributed by atoms with Gasteiger partial charge in [-0.25, -0.2) is 4.98 Å². The number of rotatable bonds is 6. The van der Waals surface area contributed by atoms with E-state index in [0.29, 0.717) is 30.1 Å². The molecule has 0 bridgehead atoms. The highest BCUT2D eigenvalue weighted by molar-refractivity contribution is 5.40. The van der Waals surface area contributed by atoms with E-state index in [0.717, 1.165) is 5.56 Å². The van der Waals surface area contributed by atoms with Crippen LogP contribution in [-0.2, 0) is 6.54 Å². The van der Waals surface area contributed by atoms with Gasteiger partial charge in [-0.15, -0.1) is 0 Å². The van der Waals surface area contributed by atoms with Crippen LogP contribution in [0.2, 0.25) is 0 Å². The Bertz CT molecular complexity index is 698. The molecule has 5 nitrogen and oxygen atoms in total. The molecule has 2 rings (SSSR count). The van der Waals surface area contributed by atoms with Gasteiger partial charge in [-0.05, 0) is 36.2 Å². The molecule has 0 radical (unpaired) electrons. The van der Waals surface area contributed by atoms with Crippen LogP contribution in [0.3, 0.4) is 0 Å². The summed E-state index contributed by atoms with van der Waals surface area (Å²) in [6.07, 6.45) is 1.75. The van der Waals surface area contributed by atoms with Gasteiger partial charge in [0.25, 0.3) is 0 Å². The van der Waals surface area contributed by atoms with Crippen LogP contribution >= 0.6 is 0 Å². The highest BCUT2D eigenvalue weighted by atomic mass is 16.5. The van der Waals surface area contributed by atoms with Gasteiger partial charge < -0.3 is 10.1 Å². The lowest BCUT2D eigenvalue weighted by Gasteiger charge is -2.12. The molecule has 0 aliphatic rings. The van der Waals surface area contributed by atoms with E-state index in [1.807, 2.05) is 37.3 Å². The van der Waals surface area contributed by atoms with Crippen molar-refractivity contribution in [3.63, 3.8) is 0 Å². The highest BCUT2D eigenvalue weighted by Gasteiger charge is 2.06. The summed E-state index contributed by atoms with van der Waals surface area (Å²) in [4.78, 5) is 4.15. The molecule has 1 heterocycles. The van der Waals surface area contributed by atoms with Crippen molar-refractivity contribution in [2.24, 2.45) is 0 Å². The number of nitrogens with zero attached hydrogens (tertiary/aromatic N) is 3. The first-order valence-electron chi connectivity index (χ1n) is 7.00. The zero-order valence-corrected chi connectivity index (χ0v) is 12.3. The number of nitrogens with one attached hydrogen (secondary N) is 1. The van der Waals surface area contributed by atoms with E-state index >= 15 is 0 Å². The van der Waals surface area contributed by atoms with E-state index in [1.54, 1.807) is 12.1 Å². The standard InChI is InChI=1S/C17H16N4O/c1-2-15(10-19)22-16-5-3-4-13(8-16)11-20-17-7-6-14(9-18)12-21-17/h3-8,12,15H,2,11H2,1H3,(H,20,21). The molecule has 110 valence electrons. The van der Waals surface area contributed by atoms with Gasteiger partial charge in [0.15, 0.2) is 6.10 Å². The van der Waals surface area contributed by atoms with Crippen molar-refractivity contribution in [1.82, 2.24) is 4.98 Å².